The van der Waals surface area contributed by atoms with Crippen molar-refractivity contribution in [2.24, 2.45) is 0 Å². The molecule has 0 saturated carbocycles. The van der Waals surface area contributed by atoms with Crippen LogP contribution in [-0.2, 0) is 0 Å². The van der Waals surface area contributed by atoms with Gasteiger partial charge in [0.15, 0.2) is 0 Å². The molecule has 0 bridgehead atoms. The van der Waals surface area contributed by atoms with Crippen LogP contribution >= 0.6 is 0 Å². The molecule has 1 nitrogen and oxygen atoms in total. The summed E-state index contributed by atoms with van der Waals surface area (Å²) < 4.78 is 0. The normalized spacial score (nSPS) is 24.6. The lowest BCUT2D eigenvalue weighted by Gasteiger charge is -2.29. The lowest BCUT2D eigenvalue weighted by molar-refractivity contribution is 0.759. The Labute approximate surface area is 84.9 Å². The van der Waals surface area contributed by atoms with Crippen molar-refractivity contribution < 1.29 is 0 Å². The Morgan fingerprint density at radius 1 is 1.07 bits per heavy atom. The molecule has 2 aliphatic carbocycles. The van der Waals surface area contributed by atoms with E-state index < -0.39 is 0 Å². The van der Waals surface area contributed by atoms with E-state index in [1.807, 2.05) is 0 Å². The first-order chi connectivity index (χ1) is 6.93. The molecule has 0 aromatic heterocycles. The Kier molecular flexibility index (Phi) is 1.83. The van der Waals surface area contributed by atoms with Gasteiger partial charge in [-0.2, -0.15) is 0 Å². The van der Waals surface area contributed by atoms with Crippen LogP contribution in [0.3, 0.4) is 0 Å². The molecule has 0 amide bonds. The molecule has 72 valence electrons. The Balaban J connectivity index is 1.99. The summed E-state index contributed by atoms with van der Waals surface area (Å²) in [6.07, 6.45) is 15.2. The molecule has 0 fully saturated rings. The van der Waals surface area contributed by atoms with E-state index in [4.69, 9.17) is 0 Å². The van der Waals surface area contributed by atoms with Crippen LogP contribution in [0.1, 0.15) is 32.1 Å². The molecule has 0 atom stereocenters. The van der Waals surface area contributed by atoms with Crippen LogP contribution in [0.15, 0.2) is 46.8 Å². The van der Waals surface area contributed by atoms with Gasteiger partial charge in [0.1, 0.15) is 0 Å². The van der Waals surface area contributed by atoms with Gasteiger partial charge in [-0.25, -0.2) is 0 Å². The van der Waals surface area contributed by atoms with Gasteiger partial charge in [-0.05, 0) is 36.8 Å². The predicted octanol–water partition coefficient (Wildman–Crippen LogP) is 3.19. The van der Waals surface area contributed by atoms with Crippen molar-refractivity contribution in [1.29, 1.82) is 0 Å². The van der Waals surface area contributed by atoms with Gasteiger partial charge in [0.05, 0.1) is 0 Å². The van der Waals surface area contributed by atoms with Crippen molar-refractivity contribution in [2.45, 2.75) is 32.1 Å². The zero-order chi connectivity index (χ0) is 9.38. The number of rotatable bonds is 0. The largest absolute Gasteiger partial charge is 0.359 e. The second-order valence-corrected chi connectivity index (χ2v) is 4.17. The van der Waals surface area contributed by atoms with Crippen molar-refractivity contribution >= 4 is 0 Å². The molecular weight excluding hydrogens is 170 g/mol. The summed E-state index contributed by atoms with van der Waals surface area (Å²) in [5.41, 5.74) is 5.84. The molecule has 3 rings (SSSR count). The molecule has 0 radical (unpaired) electrons. The fourth-order valence-electron chi connectivity index (χ4n) is 2.42. The summed E-state index contributed by atoms with van der Waals surface area (Å²) in [7, 11) is 0. The van der Waals surface area contributed by atoms with Crippen LogP contribution in [0.2, 0.25) is 0 Å². The maximum atomic E-state index is 3.58. The summed E-state index contributed by atoms with van der Waals surface area (Å²) >= 11 is 0. The molecule has 1 heterocycles. The first kappa shape index (κ1) is 8.10. The zero-order valence-corrected chi connectivity index (χ0v) is 8.34. The van der Waals surface area contributed by atoms with E-state index in [0.717, 1.165) is 6.42 Å². The quantitative estimate of drug-likeness (QED) is 0.611. The minimum absolute atomic E-state index is 1.14. The third-order valence-corrected chi connectivity index (χ3v) is 3.19. The van der Waals surface area contributed by atoms with Gasteiger partial charge in [-0.1, -0.05) is 24.3 Å². The van der Waals surface area contributed by atoms with Crippen LogP contribution in [0.4, 0.5) is 0 Å². The van der Waals surface area contributed by atoms with Crippen LogP contribution in [0.5, 0.6) is 0 Å². The highest BCUT2D eigenvalue weighted by atomic mass is 14.9. The standard InChI is InChI=1S/C13H15N/c1-3-7-12-10(5-1)9-11-6-2-4-8-13(11)14-12/h1,5-6,8,14H,2-4,7,9H2. The van der Waals surface area contributed by atoms with E-state index in [9.17, 15) is 0 Å². The van der Waals surface area contributed by atoms with E-state index in [2.05, 4.69) is 29.6 Å². The van der Waals surface area contributed by atoms with E-state index in [1.54, 1.807) is 0 Å². The number of hydrogen-bond donors (Lipinski definition) is 1. The minimum atomic E-state index is 1.14. The van der Waals surface area contributed by atoms with E-state index in [-0.39, 0.29) is 0 Å². The topological polar surface area (TPSA) is 12.0 Å². The highest BCUT2D eigenvalue weighted by Gasteiger charge is 2.20. The molecule has 0 aromatic carbocycles. The maximum absolute atomic E-state index is 3.58. The number of hydrogen-bond acceptors (Lipinski definition) is 1. The fourth-order valence-corrected chi connectivity index (χ4v) is 2.42. The average Bonchev–Trinajstić information content (AvgIpc) is 2.26. The van der Waals surface area contributed by atoms with Crippen molar-refractivity contribution in [2.75, 3.05) is 0 Å². The molecule has 0 unspecified atom stereocenters. The first-order valence-electron chi connectivity index (χ1n) is 5.48. The molecule has 14 heavy (non-hydrogen) atoms. The van der Waals surface area contributed by atoms with Gasteiger partial charge in [-0.15, -0.1) is 0 Å². The highest BCUT2D eigenvalue weighted by molar-refractivity contribution is 5.47. The Morgan fingerprint density at radius 3 is 3.00 bits per heavy atom. The fraction of sp³-hybridized carbons (Fsp3) is 0.385. The second kappa shape index (κ2) is 3.16. The summed E-state index contributed by atoms with van der Waals surface area (Å²) in [5.74, 6) is 0. The van der Waals surface area contributed by atoms with Crippen LogP contribution in [0, 0.1) is 0 Å². The van der Waals surface area contributed by atoms with E-state index >= 15 is 0 Å². The van der Waals surface area contributed by atoms with Crippen LogP contribution < -0.4 is 5.32 Å². The van der Waals surface area contributed by atoms with Crippen molar-refractivity contribution in [1.82, 2.24) is 5.32 Å². The van der Waals surface area contributed by atoms with Gasteiger partial charge in [-0.3, -0.25) is 0 Å². The number of allylic oxidation sites excluding steroid dienone is 7. The molecule has 1 N–H and O–H groups in total. The first-order valence-corrected chi connectivity index (χ1v) is 5.48. The summed E-state index contributed by atoms with van der Waals surface area (Å²) in [6, 6.07) is 0. The summed E-state index contributed by atoms with van der Waals surface area (Å²) in [4.78, 5) is 0. The third-order valence-electron chi connectivity index (χ3n) is 3.19. The lowest BCUT2D eigenvalue weighted by atomic mass is 9.88. The van der Waals surface area contributed by atoms with Crippen LogP contribution in [-0.4, -0.2) is 0 Å². The molecule has 3 aliphatic rings. The number of nitrogens with one attached hydrogen (secondary N) is 1. The minimum Gasteiger partial charge on any atom is -0.359 e. The summed E-state index contributed by atoms with van der Waals surface area (Å²) in [6.45, 7) is 0. The predicted molar refractivity (Wildman–Crippen MR) is 58.6 cm³/mol. The Hall–Kier alpha value is -1.24. The monoisotopic (exact) mass is 185 g/mol. The van der Waals surface area contributed by atoms with E-state index in [1.165, 1.54) is 48.2 Å². The molecule has 1 aliphatic heterocycles. The average molecular weight is 185 g/mol. The van der Waals surface area contributed by atoms with Crippen molar-refractivity contribution in [3.63, 3.8) is 0 Å². The second-order valence-electron chi connectivity index (χ2n) is 4.17. The Morgan fingerprint density at radius 2 is 2.00 bits per heavy atom. The zero-order valence-electron chi connectivity index (χ0n) is 8.34. The molecular formula is C13H15N. The SMILES string of the molecule is C1=CC2=C(CC1)NC1=CCCC=C1C2. The van der Waals surface area contributed by atoms with Gasteiger partial charge in [0, 0.05) is 17.8 Å². The molecule has 1 heteroatoms. The van der Waals surface area contributed by atoms with Crippen molar-refractivity contribution in [3.8, 4) is 0 Å². The summed E-state index contributed by atoms with van der Waals surface area (Å²) in [5, 5.41) is 3.58. The van der Waals surface area contributed by atoms with E-state index in [0.29, 0.717) is 0 Å². The Bertz CT molecular complexity index is 380. The molecule has 0 saturated heterocycles. The van der Waals surface area contributed by atoms with Gasteiger partial charge < -0.3 is 5.32 Å². The maximum Gasteiger partial charge on any atom is 0.0374 e. The van der Waals surface area contributed by atoms with Gasteiger partial charge in [0.25, 0.3) is 0 Å². The van der Waals surface area contributed by atoms with Crippen molar-refractivity contribution in [3.05, 3.63) is 46.8 Å². The molecule has 0 spiro atoms. The smallest absolute Gasteiger partial charge is 0.0374 e. The van der Waals surface area contributed by atoms with Crippen LogP contribution in [0.25, 0.3) is 0 Å². The third kappa shape index (κ3) is 1.24. The highest BCUT2D eigenvalue weighted by Crippen LogP contribution is 2.33. The van der Waals surface area contributed by atoms with Gasteiger partial charge >= 0.3 is 0 Å². The number of fused-ring (bicyclic) bond motifs is 1. The lowest BCUT2D eigenvalue weighted by Crippen LogP contribution is -2.23. The van der Waals surface area contributed by atoms with Gasteiger partial charge in [0.2, 0.25) is 0 Å². The molecule has 0 aromatic rings.